The van der Waals surface area contributed by atoms with Crippen molar-refractivity contribution >= 4 is 34.3 Å². The van der Waals surface area contributed by atoms with E-state index in [1.807, 2.05) is 61.5 Å². The van der Waals surface area contributed by atoms with E-state index >= 15 is 0 Å². The second kappa shape index (κ2) is 10.6. The van der Waals surface area contributed by atoms with Gasteiger partial charge < -0.3 is 10.1 Å². The van der Waals surface area contributed by atoms with E-state index in [9.17, 15) is 9.59 Å². The molecule has 0 fully saturated rings. The molecule has 0 radical (unpaired) electrons. The highest BCUT2D eigenvalue weighted by atomic mass is 32.2. The van der Waals surface area contributed by atoms with Crippen molar-refractivity contribution in [3.63, 3.8) is 0 Å². The summed E-state index contributed by atoms with van der Waals surface area (Å²) < 4.78 is 7.02. The summed E-state index contributed by atoms with van der Waals surface area (Å²) in [7, 11) is 0. The maximum Gasteiger partial charge on any atom is 0.266 e. The van der Waals surface area contributed by atoms with Crippen LogP contribution < -0.4 is 15.6 Å². The van der Waals surface area contributed by atoms with Crippen molar-refractivity contribution in [1.29, 1.82) is 0 Å². The first-order valence-corrected chi connectivity index (χ1v) is 12.2. The maximum absolute atomic E-state index is 13.4. The van der Waals surface area contributed by atoms with Crippen LogP contribution in [0.1, 0.15) is 32.3 Å². The minimum absolute atomic E-state index is 0.113. The highest BCUT2D eigenvalue weighted by Gasteiger charge is 2.15. The number of rotatable bonds is 8. The van der Waals surface area contributed by atoms with Crippen LogP contribution in [0.15, 0.2) is 82.7 Å². The molecular formula is C27H27N3O3S. The number of fused-ring (bicyclic) bond motifs is 1. The van der Waals surface area contributed by atoms with E-state index in [-0.39, 0.29) is 17.2 Å². The van der Waals surface area contributed by atoms with E-state index < -0.39 is 0 Å². The summed E-state index contributed by atoms with van der Waals surface area (Å²) in [5.41, 5.74) is 3.05. The molecule has 1 N–H and O–H groups in total. The van der Waals surface area contributed by atoms with Crippen LogP contribution in [0.4, 0.5) is 5.69 Å². The van der Waals surface area contributed by atoms with Gasteiger partial charge in [0.1, 0.15) is 5.75 Å². The number of hydrogen-bond acceptors (Lipinski definition) is 5. The lowest BCUT2D eigenvalue weighted by Crippen LogP contribution is -2.23. The number of carbonyl (C=O) groups excluding carboxylic acids is 1. The third kappa shape index (κ3) is 5.31. The largest absolute Gasteiger partial charge is 0.494 e. The smallest absolute Gasteiger partial charge is 0.266 e. The van der Waals surface area contributed by atoms with E-state index in [1.165, 1.54) is 17.3 Å². The molecule has 0 spiro atoms. The molecule has 0 saturated carbocycles. The van der Waals surface area contributed by atoms with Crippen LogP contribution in [-0.2, 0) is 4.79 Å². The molecule has 0 bridgehead atoms. The van der Waals surface area contributed by atoms with Gasteiger partial charge in [-0.3, -0.25) is 14.2 Å². The molecule has 4 aromatic rings. The molecule has 7 heteroatoms. The molecule has 0 atom stereocenters. The average molecular weight is 474 g/mol. The monoisotopic (exact) mass is 473 g/mol. The van der Waals surface area contributed by atoms with Gasteiger partial charge in [0, 0.05) is 5.69 Å². The van der Waals surface area contributed by atoms with Crippen LogP contribution in [-0.4, -0.2) is 27.8 Å². The fourth-order valence-corrected chi connectivity index (χ4v) is 4.39. The minimum Gasteiger partial charge on any atom is -0.494 e. The lowest BCUT2D eigenvalue weighted by molar-refractivity contribution is -0.113. The van der Waals surface area contributed by atoms with Gasteiger partial charge in [0.15, 0.2) is 5.16 Å². The molecule has 0 unspecified atom stereocenters. The minimum atomic E-state index is -0.182. The van der Waals surface area contributed by atoms with Gasteiger partial charge in [-0.15, -0.1) is 0 Å². The SMILES string of the molecule is CCOc1ccc(NC(=O)CSc2nc3ccccc3c(=O)n2-c2ccc(C(C)C)cc2)cc1. The van der Waals surface area contributed by atoms with Crippen molar-refractivity contribution < 1.29 is 9.53 Å². The fourth-order valence-electron chi connectivity index (χ4n) is 3.57. The number of hydrogen-bond donors (Lipinski definition) is 1. The van der Waals surface area contributed by atoms with Crippen LogP contribution in [0.5, 0.6) is 5.75 Å². The van der Waals surface area contributed by atoms with Crippen molar-refractivity contribution in [3.8, 4) is 11.4 Å². The molecule has 1 heterocycles. The zero-order chi connectivity index (χ0) is 24.1. The van der Waals surface area contributed by atoms with Crippen molar-refractivity contribution in [2.24, 2.45) is 0 Å². The molecule has 6 nitrogen and oxygen atoms in total. The number of carbonyl (C=O) groups is 1. The Morgan fingerprint density at radius 1 is 1.03 bits per heavy atom. The third-order valence-electron chi connectivity index (χ3n) is 5.34. The van der Waals surface area contributed by atoms with Crippen LogP contribution in [0.2, 0.25) is 0 Å². The van der Waals surface area contributed by atoms with Crippen LogP contribution in [0, 0.1) is 0 Å². The second-order valence-electron chi connectivity index (χ2n) is 8.09. The summed E-state index contributed by atoms with van der Waals surface area (Å²) in [5.74, 6) is 1.07. The molecular weight excluding hydrogens is 446 g/mol. The van der Waals surface area contributed by atoms with Gasteiger partial charge in [0.25, 0.3) is 5.56 Å². The standard InChI is InChI=1S/C27H27N3O3S/c1-4-33-22-15-11-20(12-16-22)28-25(31)17-34-27-29-24-8-6-5-7-23(24)26(32)30(27)21-13-9-19(10-14-21)18(2)3/h5-16,18H,4,17H2,1-3H3,(H,28,31). The Morgan fingerprint density at radius 2 is 1.74 bits per heavy atom. The molecule has 1 amide bonds. The molecule has 3 aromatic carbocycles. The molecule has 34 heavy (non-hydrogen) atoms. The Hall–Kier alpha value is -3.58. The van der Waals surface area contributed by atoms with Gasteiger partial charge in [-0.1, -0.05) is 49.9 Å². The van der Waals surface area contributed by atoms with Gasteiger partial charge in [-0.05, 0) is 66.9 Å². The van der Waals surface area contributed by atoms with Crippen molar-refractivity contribution in [3.05, 3.63) is 88.7 Å². The van der Waals surface area contributed by atoms with Gasteiger partial charge in [-0.2, -0.15) is 0 Å². The Bertz CT molecular complexity index is 1350. The number of nitrogens with one attached hydrogen (secondary N) is 1. The number of benzene rings is 3. The summed E-state index contributed by atoms with van der Waals surface area (Å²) in [4.78, 5) is 30.7. The average Bonchev–Trinajstić information content (AvgIpc) is 2.84. The van der Waals surface area contributed by atoms with Crippen molar-refractivity contribution in [1.82, 2.24) is 9.55 Å². The number of nitrogens with zero attached hydrogens (tertiary/aromatic N) is 2. The van der Waals surface area contributed by atoms with Gasteiger partial charge in [0.2, 0.25) is 5.91 Å². The molecule has 0 aliphatic carbocycles. The van der Waals surface area contributed by atoms with Crippen molar-refractivity contribution in [2.75, 3.05) is 17.7 Å². The van der Waals surface area contributed by atoms with Crippen molar-refractivity contribution in [2.45, 2.75) is 31.8 Å². The lowest BCUT2D eigenvalue weighted by atomic mass is 10.0. The Kier molecular flexibility index (Phi) is 7.33. The summed E-state index contributed by atoms with van der Waals surface area (Å²) in [6.07, 6.45) is 0. The van der Waals surface area contributed by atoms with Crippen LogP contribution >= 0.6 is 11.8 Å². The number of aromatic nitrogens is 2. The van der Waals surface area contributed by atoms with E-state index in [1.54, 1.807) is 22.8 Å². The second-order valence-corrected chi connectivity index (χ2v) is 9.04. The van der Waals surface area contributed by atoms with Gasteiger partial charge in [0.05, 0.1) is 29.0 Å². The quantitative estimate of drug-likeness (QED) is 0.265. The highest BCUT2D eigenvalue weighted by Crippen LogP contribution is 2.24. The maximum atomic E-state index is 13.4. The molecule has 0 aliphatic rings. The molecule has 174 valence electrons. The topological polar surface area (TPSA) is 73.2 Å². The van der Waals surface area contributed by atoms with E-state index in [4.69, 9.17) is 9.72 Å². The molecule has 4 rings (SSSR count). The zero-order valence-corrected chi connectivity index (χ0v) is 20.3. The molecule has 1 aromatic heterocycles. The third-order valence-corrected chi connectivity index (χ3v) is 6.28. The Morgan fingerprint density at radius 3 is 2.41 bits per heavy atom. The fraction of sp³-hybridized carbons (Fsp3) is 0.222. The van der Waals surface area contributed by atoms with E-state index in [2.05, 4.69) is 19.2 Å². The normalized spacial score (nSPS) is 11.1. The predicted octanol–water partition coefficient (Wildman–Crippen LogP) is 5.64. The summed E-state index contributed by atoms with van der Waals surface area (Å²) in [5, 5.41) is 3.90. The summed E-state index contributed by atoms with van der Waals surface area (Å²) in [6, 6.07) is 22.4. The zero-order valence-electron chi connectivity index (χ0n) is 19.4. The summed E-state index contributed by atoms with van der Waals surface area (Å²) in [6.45, 7) is 6.76. The Balaban J connectivity index is 1.60. The number of anilines is 1. The van der Waals surface area contributed by atoms with Gasteiger partial charge in [-0.25, -0.2) is 4.98 Å². The van der Waals surface area contributed by atoms with E-state index in [0.29, 0.717) is 34.3 Å². The first kappa shape index (κ1) is 23.6. The van der Waals surface area contributed by atoms with Gasteiger partial charge >= 0.3 is 0 Å². The number of amides is 1. The molecule has 0 aliphatic heterocycles. The number of thioether (sulfide) groups is 1. The number of para-hydroxylation sites is 1. The molecule has 0 saturated heterocycles. The number of ether oxygens (including phenoxy) is 1. The van der Waals surface area contributed by atoms with E-state index in [0.717, 1.165) is 11.4 Å². The first-order chi connectivity index (χ1) is 16.5. The summed E-state index contributed by atoms with van der Waals surface area (Å²) >= 11 is 1.24. The highest BCUT2D eigenvalue weighted by molar-refractivity contribution is 7.99. The lowest BCUT2D eigenvalue weighted by Gasteiger charge is -2.14. The Labute approximate surface area is 203 Å². The predicted molar refractivity (Wildman–Crippen MR) is 138 cm³/mol. The first-order valence-electron chi connectivity index (χ1n) is 11.2. The van der Waals surface area contributed by atoms with Crippen LogP contribution in [0.25, 0.3) is 16.6 Å². The van der Waals surface area contributed by atoms with Crippen LogP contribution in [0.3, 0.4) is 0 Å².